The molecule has 0 saturated carbocycles. The van der Waals surface area contributed by atoms with E-state index < -0.39 is 11.7 Å². The standard InChI is InChI=1S/C14H14ClF3N4O/c1-8-6-12(20-13(23)4-5-19)22(21-8)11-7-9(14(16,17)18)2-3-10(11)15/h2-3,6-7H,4-5,19H2,1H3,(H,20,23). The van der Waals surface area contributed by atoms with Crippen LogP contribution in [0.1, 0.15) is 17.7 Å². The van der Waals surface area contributed by atoms with E-state index in [1.54, 1.807) is 6.92 Å². The Balaban J connectivity index is 2.48. The lowest BCUT2D eigenvalue weighted by molar-refractivity contribution is -0.137. The van der Waals surface area contributed by atoms with Gasteiger partial charge in [0.2, 0.25) is 5.91 Å². The molecule has 1 heterocycles. The topological polar surface area (TPSA) is 72.9 Å². The number of nitrogens with one attached hydrogen (secondary N) is 1. The lowest BCUT2D eigenvalue weighted by atomic mass is 10.2. The number of benzene rings is 1. The van der Waals surface area contributed by atoms with Gasteiger partial charge in [0.05, 0.1) is 22.0 Å². The number of rotatable bonds is 4. The first-order chi connectivity index (χ1) is 10.7. The van der Waals surface area contributed by atoms with Crippen molar-refractivity contribution < 1.29 is 18.0 Å². The molecule has 0 aliphatic rings. The van der Waals surface area contributed by atoms with Gasteiger partial charge in [0.25, 0.3) is 0 Å². The first kappa shape index (κ1) is 17.3. The quantitative estimate of drug-likeness (QED) is 0.893. The van der Waals surface area contributed by atoms with Gasteiger partial charge in [-0.25, -0.2) is 4.68 Å². The van der Waals surface area contributed by atoms with Crippen molar-refractivity contribution in [3.05, 3.63) is 40.5 Å². The summed E-state index contributed by atoms with van der Waals surface area (Å²) in [5.74, 6) is -0.140. The maximum atomic E-state index is 12.9. The normalized spacial score (nSPS) is 11.6. The molecule has 0 unspecified atom stereocenters. The molecule has 0 spiro atoms. The van der Waals surface area contributed by atoms with Gasteiger partial charge in [0, 0.05) is 19.0 Å². The van der Waals surface area contributed by atoms with Gasteiger partial charge in [-0.3, -0.25) is 4.79 Å². The van der Waals surface area contributed by atoms with E-state index in [0.717, 1.165) is 18.2 Å². The SMILES string of the molecule is Cc1cc(NC(=O)CCN)n(-c2cc(C(F)(F)F)ccc2Cl)n1. The molecule has 0 aliphatic heterocycles. The van der Waals surface area contributed by atoms with Gasteiger partial charge in [-0.05, 0) is 25.1 Å². The minimum absolute atomic E-state index is 0.0256. The second-order valence-electron chi connectivity index (χ2n) is 4.83. The van der Waals surface area contributed by atoms with E-state index in [0.29, 0.717) is 5.69 Å². The van der Waals surface area contributed by atoms with Crippen LogP contribution in [0.25, 0.3) is 5.69 Å². The van der Waals surface area contributed by atoms with Crippen molar-refractivity contribution in [2.45, 2.75) is 19.5 Å². The summed E-state index contributed by atoms with van der Waals surface area (Å²) in [6, 6.07) is 4.44. The fourth-order valence-corrected chi connectivity index (χ4v) is 2.16. The van der Waals surface area contributed by atoms with Crippen molar-refractivity contribution in [1.29, 1.82) is 0 Å². The molecule has 0 bridgehead atoms. The number of halogens is 4. The molecular formula is C14H14ClF3N4O. The lowest BCUT2D eigenvalue weighted by Crippen LogP contribution is -2.18. The van der Waals surface area contributed by atoms with E-state index in [-0.39, 0.29) is 35.4 Å². The molecule has 1 aromatic carbocycles. The van der Waals surface area contributed by atoms with Crippen LogP contribution in [0.4, 0.5) is 19.0 Å². The summed E-state index contributed by atoms with van der Waals surface area (Å²) in [5, 5.41) is 6.73. The number of hydrogen-bond acceptors (Lipinski definition) is 3. The van der Waals surface area contributed by atoms with Gasteiger partial charge in [-0.2, -0.15) is 18.3 Å². The molecule has 1 amide bonds. The van der Waals surface area contributed by atoms with E-state index in [1.807, 2.05) is 0 Å². The summed E-state index contributed by atoms with van der Waals surface area (Å²) in [6.07, 6.45) is -4.43. The monoisotopic (exact) mass is 346 g/mol. The first-order valence-electron chi connectivity index (χ1n) is 6.66. The van der Waals surface area contributed by atoms with Crippen LogP contribution in [-0.4, -0.2) is 22.2 Å². The van der Waals surface area contributed by atoms with Crippen LogP contribution in [0.15, 0.2) is 24.3 Å². The zero-order chi connectivity index (χ0) is 17.2. The minimum atomic E-state index is -4.51. The Hall–Kier alpha value is -2.06. The second-order valence-corrected chi connectivity index (χ2v) is 5.24. The van der Waals surface area contributed by atoms with Crippen molar-refractivity contribution in [2.75, 3.05) is 11.9 Å². The molecule has 1 aromatic heterocycles. The van der Waals surface area contributed by atoms with Crippen molar-refractivity contribution in [1.82, 2.24) is 9.78 Å². The van der Waals surface area contributed by atoms with Gasteiger partial charge in [0.15, 0.2) is 0 Å². The zero-order valence-electron chi connectivity index (χ0n) is 12.1. The van der Waals surface area contributed by atoms with Crippen LogP contribution in [0.2, 0.25) is 5.02 Å². The fourth-order valence-electron chi connectivity index (χ4n) is 1.96. The highest BCUT2D eigenvalue weighted by atomic mass is 35.5. The van der Waals surface area contributed by atoms with Crippen LogP contribution in [-0.2, 0) is 11.0 Å². The Labute approximate surface area is 135 Å². The van der Waals surface area contributed by atoms with Crippen LogP contribution in [0.3, 0.4) is 0 Å². The summed E-state index contributed by atoms with van der Waals surface area (Å²) in [4.78, 5) is 11.7. The number of nitrogens with zero attached hydrogens (tertiary/aromatic N) is 2. The lowest BCUT2D eigenvalue weighted by Gasteiger charge is -2.13. The highest BCUT2D eigenvalue weighted by molar-refractivity contribution is 6.32. The highest BCUT2D eigenvalue weighted by Gasteiger charge is 2.31. The smallest absolute Gasteiger partial charge is 0.330 e. The van der Waals surface area contributed by atoms with E-state index in [4.69, 9.17) is 17.3 Å². The third-order valence-electron chi connectivity index (χ3n) is 2.97. The van der Waals surface area contributed by atoms with Crippen molar-refractivity contribution in [3.8, 4) is 5.69 Å². The molecule has 0 atom stereocenters. The van der Waals surface area contributed by atoms with Gasteiger partial charge in [-0.1, -0.05) is 11.6 Å². The van der Waals surface area contributed by atoms with Gasteiger partial charge < -0.3 is 11.1 Å². The number of amides is 1. The van der Waals surface area contributed by atoms with Crippen molar-refractivity contribution in [3.63, 3.8) is 0 Å². The highest BCUT2D eigenvalue weighted by Crippen LogP contribution is 2.34. The Morgan fingerprint density at radius 1 is 1.39 bits per heavy atom. The molecule has 2 aromatic rings. The van der Waals surface area contributed by atoms with Crippen LogP contribution in [0.5, 0.6) is 0 Å². The Morgan fingerprint density at radius 2 is 2.09 bits per heavy atom. The maximum absolute atomic E-state index is 12.9. The number of anilines is 1. The number of aryl methyl sites for hydroxylation is 1. The molecule has 2 rings (SSSR count). The summed E-state index contributed by atoms with van der Waals surface area (Å²) in [6.45, 7) is 1.81. The number of carbonyl (C=O) groups excluding carboxylic acids is 1. The molecule has 9 heteroatoms. The van der Waals surface area contributed by atoms with Crippen molar-refractivity contribution in [2.24, 2.45) is 5.73 Å². The summed E-state index contributed by atoms with van der Waals surface area (Å²) < 4.78 is 39.8. The molecule has 0 fully saturated rings. The predicted octanol–water partition coefficient (Wildman–Crippen LogP) is 3.14. The molecular weight excluding hydrogens is 333 g/mol. The van der Waals surface area contributed by atoms with Gasteiger partial charge in [0.1, 0.15) is 5.82 Å². The maximum Gasteiger partial charge on any atom is 0.416 e. The Morgan fingerprint density at radius 3 is 2.70 bits per heavy atom. The van der Waals surface area contributed by atoms with Gasteiger partial charge in [-0.15, -0.1) is 0 Å². The number of carbonyl (C=O) groups is 1. The molecule has 0 aliphatic carbocycles. The largest absolute Gasteiger partial charge is 0.416 e. The number of alkyl halides is 3. The molecule has 23 heavy (non-hydrogen) atoms. The van der Waals surface area contributed by atoms with Crippen LogP contribution in [0, 0.1) is 6.92 Å². The summed E-state index contributed by atoms with van der Waals surface area (Å²) in [7, 11) is 0. The third kappa shape index (κ3) is 4.02. The van der Waals surface area contributed by atoms with Crippen LogP contribution >= 0.6 is 11.6 Å². The molecule has 0 saturated heterocycles. The van der Waals surface area contributed by atoms with E-state index in [9.17, 15) is 18.0 Å². The summed E-state index contributed by atoms with van der Waals surface area (Å²) in [5.41, 5.74) is 4.98. The van der Waals surface area contributed by atoms with E-state index in [2.05, 4.69) is 10.4 Å². The Bertz CT molecular complexity index is 727. The molecule has 0 radical (unpaired) electrons. The second kappa shape index (κ2) is 6.59. The fraction of sp³-hybridized carbons (Fsp3) is 0.286. The molecule has 5 nitrogen and oxygen atoms in total. The van der Waals surface area contributed by atoms with Crippen LogP contribution < -0.4 is 11.1 Å². The minimum Gasteiger partial charge on any atom is -0.330 e. The predicted molar refractivity (Wildman–Crippen MR) is 80.6 cm³/mol. The zero-order valence-corrected chi connectivity index (χ0v) is 12.9. The molecule has 124 valence electrons. The number of hydrogen-bond donors (Lipinski definition) is 2. The average Bonchev–Trinajstić information content (AvgIpc) is 2.78. The summed E-state index contributed by atoms with van der Waals surface area (Å²) >= 11 is 6.00. The van der Waals surface area contributed by atoms with Gasteiger partial charge >= 0.3 is 6.18 Å². The third-order valence-corrected chi connectivity index (χ3v) is 3.29. The van der Waals surface area contributed by atoms with Crippen molar-refractivity contribution >= 4 is 23.3 Å². The Kier molecular flexibility index (Phi) is 4.96. The number of nitrogens with two attached hydrogens (primary N) is 1. The number of aromatic nitrogens is 2. The van der Waals surface area contributed by atoms with E-state index in [1.165, 1.54) is 10.7 Å². The molecule has 3 N–H and O–H groups in total. The first-order valence-corrected chi connectivity index (χ1v) is 7.04. The average molecular weight is 347 g/mol. The van der Waals surface area contributed by atoms with E-state index >= 15 is 0 Å².